The number of carbonyl (C=O) groups is 1. The SMILES string of the molecule is CC(=O)N1CCN(CCCc2cc(C)n(-c3ccc(Cl)c(Cl)c3)n2)CC1. The number of aryl methyl sites for hydroxylation is 2. The molecule has 2 aromatic rings. The summed E-state index contributed by atoms with van der Waals surface area (Å²) >= 11 is 12.1. The molecular formula is C19H24Cl2N4O. The lowest BCUT2D eigenvalue weighted by Gasteiger charge is -2.34. The second-order valence-corrected chi connectivity index (χ2v) is 7.55. The summed E-state index contributed by atoms with van der Waals surface area (Å²) in [5, 5.41) is 5.79. The number of halogens is 2. The standard InChI is InChI=1S/C19H24Cl2N4O/c1-14-12-16(22-25(14)17-5-6-18(20)19(21)13-17)4-3-7-23-8-10-24(11-9-23)15(2)26/h5-6,12-13H,3-4,7-11H2,1-2H3. The van der Waals surface area contributed by atoms with Gasteiger partial charge in [0.25, 0.3) is 0 Å². The van der Waals surface area contributed by atoms with E-state index in [4.69, 9.17) is 28.3 Å². The lowest BCUT2D eigenvalue weighted by molar-refractivity contribution is -0.130. The first-order valence-electron chi connectivity index (χ1n) is 8.93. The summed E-state index contributed by atoms with van der Waals surface area (Å²) in [5.41, 5.74) is 3.08. The normalized spacial score (nSPS) is 15.5. The fourth-order valence-electron chi connectivity index (χ4n) is 3.31. The number of rotatable bonds is 5. The van der Waals surface area contributed by atoms with Crippen LogP contribution in [-0.2, 0) is 11.2 Å². The van der Waals surface area contributed by atoms with Gasteiger partial charge in [0, 0.05) is 38.8 Å². The average Bonchev–Trinajstić information content (AvgIpc) is 2.98. The Kier molecular flexibility index (Phi) is 6.22. The van der Waals surface area contributed by atoms with Crippen LogP contribution >= 0.6 is 23.2 Å². The highest BCUT2D eigenvalue weighted by Gasteiger charge is 2.18. The zero-order valence-electron chi connectivity index (χ0n) is 15.2. The maximum atomic E-state index is 11.4. The van der Waals surface area contributed by atoms with Gasteiger partial charge < -0.3 is 4.90 Å². The largest absolute Gasteiger partial charge is 0.340 e. The minimum atomic E-state index is 0.174. The number of piperazine rings is 1. The number of aromatic nitrogens is 2. The molecule has 0 aliphatic carbocycles. The van der Waals surface area contributed by atoms with E-state index in [-0.39, 0.29) is 5.91 Å². The van der Waals surface area contributed by atoms with Crippen LogP contribution < -0.4 is 0 Å². The summed E-state index contributed by atoms with van der Waals surface area (Å²) in [4.78, 5) is 15.7. The Morgan fingerprint density at radius 1 is 1.12 bits per heavy atom. The van der Waals surface area contributed by atoms with Crippen molar-refractivity contribution in [1.82, 2.24) is 19.6 Å². The van der Waals surface area contributed by atoms with E-state index in [0.717, 1.165) is 62.6 Å². The van der Waals surface area contributed by atoms with Gasteiger partial charge in [0.15, 0.2) is 0 Å². The molecule has 140 valence electrons. The first kappa shape index (κ1) is 19.2. The molecule has 5 nitrogen and oxygen atoms in total. The Morgan fingerprint density at radius 2 is 1.85 bits per heavy atom. The smallest absolute Gasteiger partial charge is 0.219 e. The number of hydrogen-bond donors (Lipinski definition) is 0. The number of carbonyl (C=O) groups excluding carboxylic acids is 1. The Balaban J connectivity index is 1.53. The molecule has 1 amide bonds. The molecular weight excluding hydrogens is 371 g/mol. The summed E-state index contributed by atoms with van der Waals surface area (Å²) in [6, 6.07) is 7.67. The van der Waals surface area contributed by atoms with Crippen molar-refractivity contribution in [3.8, 4) is 5.69 Å². The second kappa shape index (κ2) is 8.42. The van der Waals surface area contributed by atoms with Crippen molar-refractivity contribution in [2.24, 2.45) is 0 Å². The van der Waals surface area contributed by atoms with Crippen LogP contribution in [0.3, 0.4) is 0 Å². The topological polar surface area (TPSA) is 41.4 Å². The highest BCUT2D eigenvalue weighted by molar-refractivity contribution is 6.42. The summed E-state index contributed by atoms with van der Waals surface area (Å²) < 4.78 is 1.91. The third-order valence-electron chi connectivity index (χ3n) is 4.81. The summed E-state index contributed by atoms with van der Waals surface area (Å²) in [6.45, 7) is 8.29. The van der Waals surface area contributed by atoms with Crippen LogP contribution in [0.2, 0.25) is 10.0 Å². The van der Waals surface area contributed by atoms with Crippen LogP contribution in [0.25, 0.3) is 5.69 Å². The highest BCUT2D eigenvalue weighted by atomic mass is 35.5. The van der Waals surface area contributed by atoms with E-state index in [1.54, 1.807) is 13.0 Å². The Bertz CT molecular complexity index is 782. The summed E-state index contributed by atoms with van der Waals surface area (Å²) in [5.74, 6) is 0.174. The molecule has 0 N–H and O–H groups in total. The molecule has 0 saturated carbocycles. The Morgan fingerprint density at radius 3 is 2.50 bits per heavy atom. The van der Waals surface area contributed by atoms with Crippen molar-refractivity contribution in [2.45, 2.75) is 26.7 Å². The van der Waals surface area contributed by atoms with Gasteiger partial charge in [0.2, 0.25) is 5.91 Å². The van der Waals surface area contributed by atoms with Gasteiger partial charge in [-0.2, -0.15) is 5.10 Å². The van der Waals surface area contributed by atoms with E-state index < -0.39 is 0 Å². The van der Waals surface area contributed by atoms with Crippen LogP contribution in [0.1, 0.15) is 24.7 Å². The monoisotopic (exact) mass is 394 g/mol. The summed E-state index contributed by atoms with van der Waals surface area (Å²) in [6.07, 6.45) is 1.99. The minimum absolute atomic E-state index is 0.174. The minimum Gasteiger partial charge on any atom is -0.340 e. The van der Waals surface area contributed by atoms with Crippen molar-refractivity contribution >= 4 is 29.1 Å². The van der Waals surface area contributed by atoms with Crippen molar-refractivity contribution in [3.63, 3.8) is 0 Å². The van der Waals surface area contributed by atoms with E-state index in [1.165, 1.54) is 0 Å². The lowest BCUT2D eigenvalue weighted by Crippen LogP contribution is -2.48. The fourth-order valence-corrected chi connectivity index (χ4v) is 3.60. The molecule has 7 heteroatoms. The molecule has 3 rings (SSSR count). The quantitative estimate of drug-likeness (QED) is 0.777. The van der Waals surface area contributed by atoms with E-state index in [9.17, 15) is 4.79 Å². The van der Waals surface area contributed by atoms with E-state index >= 15 is 0 Å². The summed E-state index contributed by atoms with van der Waals surface area (Å²) in [7, 11) is 0. The van der Waals surface area contributed by atoms with E-state index in [0.29, 0.717) is 10.0 Å². The molecule has 1 fully saturated rings. The van der Waals surface area contributed by atoms with Crippen LogP contribution in [0.4, 0.5) is 0 Å². The molecule has 0 atom stereocenters. The van der Waals surface area contributed by atoms with Crippen LogP contribution in [0, 0.1) is 6.92 Å². The molecule has 0 spiro atoms. The molecule has 1 saturated heterocycles. The lowest BCUT2D eigenvalue weighted by atomic mass is 10.2. The predicted octanol–water partition coefficient (Wildman–Crippen LogP) is 3.58. The average molecular weight is 395 g/mol. The Labute approximate surface area is 164 Å². The van der Waals surface area contributed by atoms with Gasteiger partial charge in [-0.1, -0.05) is 23.2 Å². The van der Waals surface area contributed by atoms with Crippen LogP contribution in [0.5, 0.6) is 0 Å². The van der Waals surface area contributed by atoms with Crippen LogP contribution in [-0.4, -0.2) is 58.2 Å². The third-order valence-corrected chi connectivity index (χ3v) is 5.55. The van der Waals surface area contributed by atoms with Gasteiger partial charge in [-0.25, -0.2) is 4.68 Å². The van der Waals surface area contributed by atoms with Gasteiger partial charge in [-0.05, 0) is 50.6 Å². The molecule has 0 radical (unpaired) electrons. The van der Waals surface area contributed by atoms with Gasteiger partial charge in [0.1, 0.15) is 0 Å². The molecule has 1 aliphatic rings. The predicted molar refractivity (Wildman–Crippen MR) is 105 cm³/mol. The van der Waals surface area contributed by atoms with Gasteiger partial charge in [-0.15, -0.1) is 0 Å². The number of amides is 1. The zero-order chi connectivity index (χ0) is 18.7. The molecule has 2 heterocycles. The van der Waals surface area contributed by atoms with Crippen molar-refractivity contribution in [1.29, 1.82) is 0 Å². The van der Waals surface area contributed by atoms with E-state index in [1.807, 2.05) is 28.6 Å². The van der Waals surface area contributed by atoms with Gasteiger partial charge >= 0.3 is 0 Å². The molecule has 0 unspecified atom stereocenters. The first-order valence-corrected chi connectivity index (χ1v) is 9.68. The Hall–Kier alpha value is -1.56. The molecule has 26 heavy (non-hydrogen) atoms. The van der Waals surface area contributed by atoms with Crippen molar-refractivity contribution in [2.75, 3.05) is 32.7 Å². The van der Waals surface area contributed by atoms with Crippen molar-refractivity contribution in [3.05, 3.63) is 45.7 Å². The highest BCUT2D eigenvalue weighted by Crippen LogP contribution is 2.25. The first-order chi connectivity index (χ1) is 12.4. The maximum absolute atomic E-state index is 11.4. The molecule has 1 aromatic heterocycles. The number of nitrogens with zero attached hydrogens (tertiary/aromatic N) is 4. The van der Waals surface area contributed by atoms with E-state index in [2.05, 4.69) is 11.0 Å². The maximum Gasteiger partial charge on any atom is 0.219 e. The van der Waals surface area contributed by atoms with Crippen molar-refractivity contribution < 1.29 is 4.79 Å². The second-order valence-electron chi connectivity index (χ2n) is 6.74. The van der Waals surface area contributed by atoms with Gasteiger partial charge in [-0.3, -0.25) is 9.69 Å². The number of benzene rings is 1. The molecule has 1 aliphatic heterocycles. The third kappa shape index (κ3) is 4.58. The van der Waals surface area contributed by atoms with Gasteiger partial charge in [0.05, 0.1) is 21.4 Å². The molecule has 0 bridgehead atoms. The molecule has 1 aromatic carbocycles. The number of hydrogen-bond acceptors (Lipinski definition) is 3. The fraction of sp³-hybridized carbons (Fsp3) is 0.474. The van der Waals surface area contributed by atoms with Crippen LogP contribution in [0.15, 0.2) is 24.3 Å². The zero-order valence-corrected chi connectivity index (χ0v) is 16.7.